The molecule has 8 aromatic rings. The average Bonchev–Trinajstić information content (AvgIpc) is 3.48. The van der Waals surface area contributed by atoms with Crippen LogP contribution in [0.15, 0.2) is 157 Å². The molecule has 0 N–H and O–H groups in total. The summed E-state index contributed by atoms with van der Waals surface area (Å²) in [5.41, 5.74) is 6.47. The Morgan fingerprint density at radius 3 is 2.02 bits per heavy atom. The van der Waals surface area contributed by atoms with E-state index in [9.17, 15) is 0 Å². The molecule has 0 saturated carbocycles. The fourth-order valence-electron chi connectivity index (χ4n) is 7.02. The summed E-state index contributed by atoms with van der Waals surface area (Å²) in [5, 5.41) is 10.4. The Hall–Kier alpha value is -5.18. The quantitative estimate of drug-likeness (QED) is 0.187. The Morgan fingerprint density at radius 1 is 0.477 bits per heavy atom. The van der Waals surface area contributed by atoms with Crippen molar-refractivity contribution < 1.29 is 0 Å². The van der Waals surface area contributed by atoms with Crippen LogP contribution in [0.4, 0.5) is 11.4 Å². The van der Waals surface area contributed by atoms with Gasteiger partial charge in [0.05, 0.1) is 10.4 Å². The van der Waals surface area contributed by atoms with Crippen molar-refractivity contribution in [3.63, 3.8) is 0 Å². The van der Waals surface area contributed by atoms with E-state index in [4.69, 9.17) is 0 Å². The molecule has 0 unspecified atom stereocenters. The third-order valence-electron chi connectivity index (χ3n) is 9.17. The summed E-state index contributed by atoms with van der Waals surface area (Å²) >= 11 is 1.90. The lowest BCUT2D eigenvalue weighted by Gasteiger charge is -2.30. The monoisotopic (exact) mass is 579 g/mol. The minimum absolute atomic E-state index is 0.972. The number of thiophene rings is 1. The van der Waals surface area contributed by atoms with Crippen LogP contribution in [-0.2, 0) is 0 Å². The van der Waals surface area contributed by atoms with Crippen LogP contribution in [0.1, 0.15) is 18.4 Å². The predicted molar refractivity (Wildman–Crippen MR) is 192 cm³/mol. The first-order chi connectivity index (χ1) is 21.8. The van der Waals surface area contributed by atoms with Crippen LogP contribution >= 0.6 is 11.3 Å². The second-order valence-electron chi connectivity index (χ2n) is 11.7. The molecule has 0 aliphatic heterocycles. The normalized spacial score (nSPS) is 13.5. The van der Waals surface area contributed by atoms with E-state index in [1.807, 2.05) is 11.3 Å². The number of allylic oxidation sites excluding steroid dienone is 4. The van der Waals surface area contributed by atoms with Crippen LogP contribution in [0.2, 0.25) is 0 Å². The molecule has 208 valence electrons. The molecule has 0 fully saturated rings. The van der Waals surface area contributed by atoms with Crippen LogP contribution in [0, 0.1) is 0 Å². The Kier molecular flexibility index (Phi) is 5.89. The molecule has 7 aromatic carbocycles. The zero-order chi connectivity index (χ0) is 29.0. The largest absolute Gasteiger partial charge is 0.313 e. The Morgan fingerprint density at radius 2 is 1.18 bits per heavy atom. The number of nitrogens with zero attached hydrogens (tertiary/aromatic N) is 1. The van der Waals surface area contributed by atoms with Crippen molar-refractivity contribution in [1.29, 1.82) is 0 Å². The summed E-state index contributed by atoms with van der Waals surface area (Å²) in [6, 6.07) is 51.2. The minimum atomic E-state index is 0.972. The van der Waals surface area contributed by atoms with E-state index in [1.165, 1.54) is 80.7 Å². The number of hydrogen-bond donors (Lipinski definition) is 0. The van der Waals surface area contributed by atoms with Gasteiger partial charge < -0.3 is 4.90 Å². The van der Waals surface area contributed by atoms with E-state index >= 15 is 0 Å². The molecule has 0 spiro atoms. The van der Waals surface area contributed by atoms with E-state index < -0.39 is 0 Å². The van der Waals surface area contributed by atoms with Crippen molar-refractivity contribution >= 4 is 80.8 Å². The standard InChI is InChI=1S/C42H29NS/c1-2-9-28(10-3-1)29-17-22-32(23-18-29)43(40-15-8-14-38-37-13-6-7-16-41(37)44-42(38)40)33-24-19-31-21-25-35-34-12-5-4-11-30(34)20-26-36(35)39(31)27-33/h1-17,19-22,24-27H,18,23H2. The van der Waals surface area contributed by atoms with E-state index in [2.05, 4.69) is 157 Å². The summed E-state index contributed by atoms with van der Waals surface area (Å²) in [4.78, 5) is 2.52. The van der Waals surface area contributed by atoms with Gasteiger partial charge in [-0.3, -0.25) is 0 Å². The van der Waals surface area contributed by atoms with Gasteiger partial charge in [0, 0.05) is 26.9 Å². The van der Waals surface area contributed by atoms with Crippen molar-refractivity contribution in [3.05, 3.63) is 163 Å². The lowest BCUT2D eigenvalue weighted by atomic mass is 9.94. The Labute approximate surface area is 260 Å². The highest BCUT2D eigenvalue weighted by Crippen LogP contribution is 2.45. The van der Waals surface area contributed by atoms with Crippen LogP contribution in [0.3, 0.4) is 0 Å². The molecule has 0 saturated heterocycles. The van der Waals surface area contributed by atoms with Gasteiger partial charge in [-0.25, -0.2) is 0 Å². The topological polar surface area (TPSA) is 3.24 Å². The highest BCUT2D eigenvalue weighted by Gasteiger charge is 2.22. The average molecular weight is 580 g/mol. The highest BCUT2D eigenvalue weighted by molar-refractivity contribution is 7.26. The molecule has 1 aliphatic rings. The second-order valence-corrected chi connectivity index (χ2v) is 12.7. The smallest absolute Gasteiger partial charge is 0.0637 e. The molecule has 1 heterocycles. The van der Waals surface area contributed by atoms with E-state index in [0.29, 0.717) is 0 Å². The summed E-state index contributed by atoms with van der Waals surface area (Å²) in [6.07, 6.45) is 6.66. The van der Waals surface area contributed by atoms with Crippen LogP contribution in [0.25, 0.3) is 58.1 Å². The van der Waals surface area contributed by atoms with Gasteiger partial charge in [-0.1, -0.05) is 121 Å². The maximum absolute atomic E-state index is 2.52. The van der Waals surface area contributed by atoms with Crippen molar-refractivity contribution in [2.45, 2.75) is 12.8 Å². The zero-order valence-corrected chi connectivity index (χ0v) is 25.0. The highest BCUT2D eigenvalue weighted by atomic mass is 32.1. The Balaban J connectivity index is 1.28. The summed E-state index contributed by atoms with van der Waals surface area (Å²) in [7, 11) is 0. The molecule has 1 aliphatic carbocycles. The lowest BCUT2D eigenvalue weighted by Crippen LogP contribution is -2.18. The fourth-order valence-corrected chi connectivity index (χ4v) is 8.22. The predicted octanol–water partition coefficient (Wildman–Crippen LogP) is 12.4. The van der Waals surface area contributed by atoms with Gasteiger partial charge in [0.2, 0.25) is 0 Å². The second kappa shape index (κ2) is 10.2. The summed E-state index contributed by atoms with van der Waals surface area (Å²) in [5.74, 6) is 0. The van der Waals surface area contributed by atoms with Crippen molar-refractivity contribution in [3.8, 4) is 0 Å². The summed E-state index contributed by atoms with van der Waals surface area (Å²) < 4.78 is 2.66. The molecule has 9 rings (SSSR count). The van der Waals surface area contributed by atoms with Gasteiger partial charge in [-0.2, -0.15) is 0 Å². The number of anilines is 2. The third-order valence-corrected chi connectivity index (χ3v) is 10.4. The number of fused-ring (bicyclic) bond motifs is 8. The first kappa shape index (κ1) is 25.3. The van der Waals surface area contributed by atoms with Crippen molar-refractivity contribution in [2.75, 3.05) is 4.90 Å². The molecule has 0 atom stereocenters. The maximum atomic E-state index is 2.52. The number of hydrogen-bond acceptors (Lipinski definition) is 2. The first-order valence-electron chi connectivity index (χ1n) is 15.3. The van der Waals surface area contributed by atoms with Gasteiger partial charge in [0.15, 0.2) is 0 Å². The molecule has 2 heteroatoms. The van der Waals surface area contributed by atoms with Crippen molar-refractivity contribution in [2.24, 2.45) is 0 Å². The van der Waals surface area contributed by atoms with Gasteiger partial charge in [-0.05, 0) is 86.6 Å². The van der Waals surface area contributed by atoms with Gasteiger partial charge in [0.25, 0.3) is 0 Å². The van der Waals surface area contributed by atoms with Crippen LogP contribution in [0.5, 0.6) is 0 Å². The first-order valence-corrected chi connectivity index (χ1v) is 16.1. The van der Waals surface area contributed by atoms with E-state index in [1.54, 1.807) is 0 Å². The molecule has 1 aromatic heterocycles. The van der Waals surface area contributed by atoms with Crippen LogP contribution in [-0.4, -0.2) is 0 Å². The molecule has 0 bridgehead atoms. The molecular weight excluding hydrogens is 551 g/mol. The van der Waals surface area contributed by atoms with Crippen molar-refractivity contribution in [1.82, 2.24) is 0 Å². The zero-order valence-electron chi connectivity index (χ0n) is 24.2. The molecule has 0 radical (unpaired) electrons. The van der Waals surface area contributed by atoms with Crippen LogP contribution < -0.4 is 4.90 Å². The summed E-state index contributed by atoms with van der Waals surface area (Å²) in [6.45, 7) is 0. The van der Waals surface area contributed by atoms with E-state index in [0.717, 1.165) is 12.8 Å². The van der Waals surface area contributed by atoms with E-state index in [-0.39, 0.29) is 0 Å². The maximum Gasteiger partial charge on any atom is 0.0637 e. The number of rotatable bonds is 4. The minimum Gasteiger partial charge on any atom is -0.313 e. The molecule has 0 amide bonds. The van der Waals surface area contributed by atoms with Gasteiger partial charge in [0.1, 0.15) is 0 Å². The fraction of sp³-hybridized carbons (Fsp3) is 0.0476. The lowest BCUT2D eigenvalue weighted by molar-refractivity contribution is 0.932. The molecular formula is C42H29NS. The molecule has 44 heavy (non-hydrogen) atoms. The third kappa shape index (κ3) is 4.06. The molecule has 1 nitrogen and oxygen atoms in total. The van der Waals surface area contributed by atoms with Gasteiger partial charge >= 0.3 is 0 Å². The SMILES string of the molecule is C1=C(c2ccccc2)CCC(N(c2ccc3ccc4c5ccccc5ccc4c3c2)c2cccc3c2sc2ccccc23)=C1. The number of benzene rings is 7. The Bertz CT molecular complexity index is 2440. The van der Waals surface area contributed by atoms with Gasteiger partial charge in [-0.15, -0.1) is 11.3 Å².